The van der Waals surface area contributed by atoms with Gasteiger partial charge in [-0.05, 0) is 44.5 Å². The third-order valence-corrected chi connectivity index (χ3v) is 4.05. The fourth-order valence-electron chi connectivity index (χ4n) is 2.55. The average Bonchev–Trinajstić information content (AvgIpc) is 2.64. The fraction of sp³-hybridized carbons (Fsp3) is 0.474. The molecule has 6 nitrogen and oxygen atoms in total. The Balaban J connectivity index is 1.70. The second-order valence-corrected chi connectivity index (χ2v) is 5.97. The third kappa shape index (κ3) is 6.23. The minimum absolute atomic E-state index is 0.0228. The van der Waals surface area contributed by atoms with Crippen molar-refractivity contribution in [3.05, 3.63) is 35.4 Å². The summed E-state index contributed by atoms with van der Waals surface area (Å²) in [6.45, 7) is 4.40. The average molecular weight is 346 g/mol. The number of benzene rings is 1. The van der Waals surface area contributed by atoms with Gasteiger partial charge >= 0.3 is 0 Å². The van der Waals surface area contributed by atoms with Gasteiger partial charge in [0.05, 0.1) is 13.7 Å². The molecule has 6 heteroatoms. The maximum absolute atomic E-state index is 11.9. The normalized spacial score (nSPS) is 13.8. The van der Waals surface area contributed by atoms with E-state index in [2.05, 4.69) is 16.7 Å². The minimum Gasteiger partial charge on any atom is -0.493 e. The van der Waals surface area contributed by atoms with Crippen molar-refractivity contribution in [3.8, 4) is 11.5 Å². The summed E-state index contributed by atoms with van der Waals surface area (Å²) in [5.74, 6) is 1.11. The van der Waals surface area contributed by atoms with E-state index in [1.54, 1.807) is 18.2 Å². The zero-order chi connectivity index (χ0) is 18.1. The first kappa shape index (κ1) is 19.0. The zero-order valence-corrected chi connectivity index (χ0v) is 14.9. The van der Waals surface area contributed by atoms with Crippen LogP contribution in [0.2, 0.25) is 0 Å². The van der Waals surface area contributed by atoms with E-state index in [9.17, 15) is 9.59 Å². The monoisotopic (exact) mass is 346 g/mol. The molecule has 0 fully saturated rings. The van der Waals surface area contributed by atoms with Gasteiger partial charge in [-0.25, -0.2) is 0 Å². The van der Waals surface area contributed by atoms with Crippen LogP contribution in [0.4, 0.5) is 0 Å². The highest BCUT2D eigenvalue weighted by Gasteiger charge is 2.09. The maximum Gasteiger partial charge on any atom is 0.220 e. The number of hydrogen-bond donors (Lipinski definition) is 2. The van der Waals surface area contributed by atoms with E-state index >= 15 is 0 Å². The van der Waals surface area contributed by atoms with Crippen LogP contribution < -0.4 is 20.1 Å². The molecule has 0 radical (unpaired) electrons. The third-order valence-electron chi connectivity index (χ3n) is 4.05. The lowest BCUT2D eigenvalue weighted by molar-refractivity contribution is -0.121. The summed E-state index contributed by atoms with van der Waals surface area (Å²) in [5, 5.41) is 6.18. The van der Waals surface area contributed by atoms with Crippen LogP contribution in [0.1, 0.15) is 36.5 Å². The Labute approximate surface area is 148 Å². The Morgan fingerprint density at radius 2 is 2.12 bits per heavy atom. The quantitative estimate of drug-likeness (QED) is 0.407. The highest BCUT2D eigenvalue weighted by molar-refractivity contribution is 5.94. The summed E-state index contributed by atoms with van der Waals surface area (Å²) in [6, 6.07) is 5.09. The molecule has 0 atom stereocenters. The lowest BCUT2D eigenvalue weighted by Gasteiger charge is -2.14. The van der Waals surface area contributed by atoms with Crippen molar-refractivity contribution >= 4 is 11.7 Å². The number of nitrogens with one attached hydrogen (secondary N) is 2. The van der Waals surface area contributed by atoms with Crippen molar-refractivity contribution in [1.29, 1.82) is 0 Å². The standard InChI is InChI=1S/C19H26N2O4/c1-14(22)16-5-6-17(18(12-16)24-2)25-11-3-4-19(23)21-13-15-7-9-20-10-8-15/h5-7,12,20H,3-4,8-11,13H2,1-2H3,(H,21,23). The molecule has 0 aromatic heterocycles. The number of hydrogen-bond acceptors (Lipinski definition) is 5. The van der Waals surface area contributed by atoms with Crippen LogP contribution in [-0.4, -0.2) is 45.0 Å². The predicted octanol–water partition coefficient (Wildman–Crippen LogP) is 2.09. The molecule has 136 valence electrons. The lowest BCUT2D eigenvalue weighted by Crippen LogP contribution is -2.29. The van der Waals surface area contributed by atoms with Gasteiger partial charge in [-0.15, -0.1) is 0 Å². The first-order valence-corrected chi connectivity index (χ1v) is 8.57. The second kappa shape index (κ2) is 9.84. The van der Waals surface area contributed by atoms with Crippen LogP contribution in [0.5, 0.6) is 11.5 Å². The Morgan fingerprint density at radius 3 is 2.80 bits per heavy atom. The van der Waals surface area contributed by atoms with Gasteiger partial charge < -0.3 is 20.1 Å². The first-order valence-electron chi connectivity index (χ1n) is 8.57. The second-order valence-electron chi connectivity index (χ2n) is 5.97. The summed E-state index contributed by atoms with van der Waals surface area (Å²) in [4.78, 5) is 23.3. The molecule has 1 amide bonds. The van der Waals surface area contributed by atoms with Crippen LogP contribution in [0.3, 0.4) is 0 Å². The molecule has 1 aromatic carbocycles. The molecule has 0 saturated carbocycles. The molecule has 1 aliphatic rings. The van der Waals surface area contributed by atoms with Gasteiger partial charge in [0.25, 0.3) is 0 Å². The van der Waals surface area contributed by atoms with E-state index in [0.29, 0.717) is 43.1 Å². The molecule has 2 N–H and O–H groups in total. The summed E-state index contributed by atoms with van der Waals surface area (Å²) in [6.07, 6.45) is 4.15. The SMILES string of the molecule is COc1cc(C(C)=O)ccc1OCCCC(=O)NCC1=CCNCC1. The van der Waals surface area contributed by atoms with Crippen molar-refractivity contribution < 1.29 is 19.1 Å². The van der Waals surface area contributed by atoms with Crippen molar-refractivity contribution in [2.75, 3.05) is 33.4 Å². The number of Topliss-reactive ketones (excluding diaryl/α,β-unsaturated/α-hetero) is 1. The Morgan fingerprint density at radius 1 is 1.28 bits per heavy atom. The molecule has 0 spiro atoms. The van der Waals surface area contributed by atoms with Gasteiger partial charge in [0.1, 0.15) is 0 Å². The molecular formula is C19H26N2O4. The highest BCUT2D eigenvalue weighted by atomic mass is 16.5. The highest BCUT2D eigenvalue weighted by Crippen LogP contribution is 2.28. The van der Waals surface area contributed by atoms with Gasteiger partial charge in [-0.2, -0.15) is 0 Å². The van der Waals surface area contributed by atoms with Gasteiger partial charge in [-0.1, -0.05) is 11.6 Å². The van der Waals surface area contributed by atoms with Crippen LogP contribution in [0.25, 0.3) is 0 Å². The van der Waals surface area contributed by atoms with Crippen LogP contribution in [-0.2, 0) is 4.79 Å². The van der Waals surface area contributed by atoms with E-state index in [1.165, 1.54) is 19.6 Å². The number of ketones is 1. The summed E-state index contributed by atoms with van der Waals surface area (Å²) in [5.41, 5.74) is 1.86. The van der Waals surface area contributed by atoms with E-state index in [-0.39, 0.29) is 11.7 Å². The molecule has 1 aliphatic heterocycles. The van der Waals surface area contributed by atoms with Crippen molar-refractivity contribution in [2.24, 2.45) is 0 Å². The van der Waals surface area contributed by atoms with Gasteiger partial charge in [0.2, 0.25) is 5.91 Å². The van der Waals surface area contributed by atoms with Crippen molar-refractivity contribution in [1.82, 2.24) is 10.6 Å². The molecule has 1 aromatic rings. The summed E-state index contributed by atoms with van der Waals surface area (Å²) in [7, 11) is 1.54. The number of rotatable bonds is 9. The number of carbonyl (C=O) groups excluding carboxylic acids is 2. The van der Waals surface area contributed by atoms with Gasteiger partial charge in [-0.3, -0.25) is 9.59 Å². The van der Waals surface area contributed by atoms with Crippen LogP contribution in [0.15, 0.2) is 29.8 Å². The molecule has 0 saturated heterocycles. The lowest BCUT2D eigenvalue weighted by atomic mass is 10.1. The number of amides is 1. The topological polar surface area (TPSA) is 76.7 Å². The number of methoxy groups -OCH3 is 1. The molecule has 0 bridgehead atoms. The maximum atomic E-state index is 11.9. The van der Waals surface area contributed by atoms with E-state index in [1.807, 2.05) is 0 Å². The van der Waals surface area contributed by atoms with Crippen molar-refractivity contribution in [2.45, 2.75) is 26.2 Å². The van der Waals surface area contributed by atoms with E-state index in [0.717, 1.165) is 19.5 Å². The smallest absolute Gasteiger partial charge is 0.220 e. The number of ether oxygens (including phenoxy) is 2. The largest absolute Gasteiger partial charge is 0.493 e. The predicted molar refractivity (Wildman–Crippen MR) is 96.3 cm³/mol. The van der Waals surface area contributed by atoms with Gasteiger partial charge in [0, 0.05) is 25.1 Å². The zero-order valence-electron chi connectivity index (χ0n) is 14.9. The Hall–Kier alpha value is -2.34. The molecule has 2 rings (SSSR count). The minimum atomic E-state index is -0.0228. The summed E-state index contributed by atoms with van der Waals surface area (Å²) < 4.78 is 10.9. The fourth-order valence-corrected chi connectivity index (χ4v) is 2.55. The van der Waals surface area contributed by atoms with Crippen LogP contribution in [0, 0.1) is 0 Å². The first-order chi connectivity index (χ1) is 12.1. The Bertz CT molecular complexity index is 640. The van der Waals surface area contributed by atoms with E-state index < -0.39 is 0 Å². The molecule has 0 aliphatic carbocycles. The van der Waals surface area contributed by atoms with Crippen LogP contribution >= 0.6 is 0 Å². The molecular weight excluding hydrogens is 320 g/mol. The number of carbonyl (C=O) groups is 2. The molecule has 25 heavy (non-hydrogen) atoms. The molecule has 1 heterocycles. The molecule has 0 unspecified atom stereocenters. The van der Waals surface area contributed by atoms with E-state index in [4.69, 9.17) is 9.47 Å². The Kier molecular flexibility index (Phi) is 7.47. The summed E-state index contributed by atoms with van der Waals surface area (Å²) >= 11 is 0. The van der Waals surface area contributed by atoms with Crippen molar-refractivity contribution in [3.63, 3.8) is 0 Å². The van der Waals surface area contributed by atoms with Gasteiger partial charge in [0.15, 0.2) is 17.3 Å².